The van der Waals surface area contributed by atoms with Crippen molar-refractivity contribution in [2.75, 3.05) is 0 Å². The highest BCUT2D eigenvalue weighted by atomic mass is 16.4. The monoisotopic (exact) mass is 229 g/mol. The number of fused-ring (bicyclic) bond motifs is 3. The van der Waals surface area contributed by atoms with Crippen LogP contribution in [0.5, 0.6) is 0 Å². The van der Waals surface area contributed by atoms with Crippen LogP contribution in [0.3, 0.4) is 0 Å². The van der Waals surface area contributed by atoms with Crippen LogP contribution < -0.4 is 10.7 Å². The molecule has 0 amide bonds. The summed E-state index contributed by atoms with van der Waals surface area (Å²) >= 11 is 0. The second-order valence-corrected chi connectivity index (χ2v) is 4.06. The maximum Gasteiger partial charge on any atom is 0.339 e. The molecule has 0 saturated carbocycles. The first kappa shape index (κ1) is 10.0. The highest BCUT2D eigenvalue weighted by molar-refractivity contribution is 6.32. The highest BCUT2D eigenvalue weighted by Crippen LogP contribution is 2.09. The van der Waals surface area contributed by atoms with Crippen LogP contribution in [0, 0.1) is 0 Å². The van der Waals surface area contributed by atoms with Gasteiger partial charge in [-0.05, 0) is 18.4 Å². The first-order valence-electron chi connectivity index (χ1n) is 5.46. The number of aromatic amines is 1. The maximum absolute atomic E-state index is 11.1. The Morgan fingerprint density at radius 3 is 3.12 bits per heavy atom. The minimum Gasteiger partial charge on any atom is -0.478 e. The van der Waals surface area contributed by atoms with Gasteiger partial charge in [0, 0.05) is 18.0 Å². The van der Waals surface area contributed by atoms with E-state index in [0.717, 1.165) is 29.3 Å². The third kappa shape index (κ3) is 1.51. The minimum absolute atomic E-state index is 0.233. The minimum atomic E-state index is -0.949. The fourth-order valence-electron chi connectivity index (χ4n) is 2.26. The van der Waals surface area contributed by atoms with Crippen LogP contribution in [0.15, 0.2) is 9.98 Å². The summed E-state index contributed by atoms with van der Waals surface area (Å²) in [6.07, 6.45) is 6.79. The van der Waals surface area contributed by atoms with Gasteiger partial charge in [0.2, 0.25) is 0 Å². The number of hydrogen-bond acceptors (Lipinski definition) is 3. The number of carbonyl (C=O) groups is 1. The topological polar surface area (TPSA) is 77.8 Å². The molecule has 0 fully saturated rings. The molecule has 5 heteroatoms. The fourth-order valence-corrected chi connectivity index (χ4v) is 2.26. The van der Waals surface area contributed by atoms with E-state index in [0.29, 0.717) is 11.9 Å². The number of nitrogens with one attached hydrogen (secondary N) is 1. The van der Waals surface area contributed by atoms with Crippen LogP contribution in [0.1, 0.15) is 17.5 Å². The Morgan fingerprint density at radius 1 is 1.41 bits per heavy atom. The van der Waals surface area contributed by atoms with E-state index in [1.165, 1.54) is 6.21 Å². The molecule has 0 unspecified atom stereocenters. The first-order valence-corrected chi connectivity index (χ1v) is 5.46. The van der Waals surface area contributed by atoms with Crippen molar-refractivity contribution in [2.24, 2.45) is 9.98 Å². The van der Waals surface area contributed by atoms with Crippen molar-refractivity contribution in [2.45, 2.75) is 19.4 Å². The smallest absolute Gasteiger partial charge is 0.339 e. The van der Waals surface area contributed by atoms with Gasteiger partial charge in [0.1, 0.15) is 5.57 Å². The van der Waals surface area contributed by atoms with Gasteiger partial charge in [-0.2, -0.15) is 0 Å². The molecule has 3 heterocycles. The zero-order chi connectivity index (χ0) is 11.8. The number of aromatic nitrogens is 1. The third-order valence-corrected chi connectivity index (χ3v) is 3.05. The van der Waals surface area contributed by atoms with E-state index in [1.54, 1.807) is 6.20 Å². The van der Waals surface area contributed by atoms with E-state index in [4.69, 9.17) is 5.11 Å². The summed E-state index contributed by atoms with van der Waals surface area (Å²) in [4.78, 5) is 22.5. The number of rotatable bonds is 1. The van der Waals surface area contributed by atoms with Crippen LogP contribution in [0.25, 0.3) is 11.8 Å². The average molecular weight is 229 g/mol. The van der Waals surface area contributed by atoms with E-state index >= 15 is 0 Å². The summed E-state index contributed by atoms with van der Waals surface area (Å²) < 4.78 is 0. The lowest BCUT2D eigenvalue weighted by molar-refractivity contribution is -0.130. The molecular weight excluding hydrogens is 218 g/mol. The molecule has 0 atom stereocenters. The van der Waals surface area contributed by atoms with Crippen molar-refractivity contribution < 1.29 is 9.90 Å². The van der Waals surface area contributed by atoms with Gasteiger partial charge in [-0.3, -0.25) is 9.98 Å². The third-order valence-electron chi connectivity index (χ3n) is 3.05. The van der Waals surface area contributed by atoms with Crippen molar-refractivity contribution in [3.63, 3.8) is 0 Å². The first-order chi connectivity index (χ1) is 8.27. The Balaban J connectivity index is 2.37. The van der Waals surface area contributed by atoms with Gasteiger partial charge in [-0.15, -0.1) is 0 Å². The number of hydrogen-bond donors (Lipinski definition) is 2. The Labute approximate surface area is 96.9 Å². The molecule has 86 valence electrons. The van der Waals surface area contributed by atoms with Crippen LogP contribution in [0.2, 0.25) is 0 Å². The Kier molecular flexibility index (Phi) is 2.18. The van der Waals surface area contributed by atoms with Gasteiger partial charge < -0.3 is 10.1 Å². The molecule has 3 rings (SSSR count). The average Bonchev–Trinajstić information content (AvgIpc) is 2.52. The molecule has 0 aliphatic carbocycles. The van der Waals surface area contributed by atoms with Crippen molar-refractivity contribution in [1.29, 1.82) is 0 Å². The second-order valence-electron chi connectivity index (χ2n) is 4.06. The summed E-state index contributed by atoms with van der Waals surface area (Å²) in [5.74, 6) is -0.949. The Bertz CT molecular complexity index is 665. The van der Waals surface area contributed by atoms with Crippen molar-refractivity contribution in [1.82, 2.24) is 4.98 Å². The number of carboxylic acid groups (broad SMARTS) is 1. The normalized spacial score (nSPS) is 17.1. The lowest BCUT2D eigenvalue weighted by Gasteiger charge is -2.04. The summed E-state index contributed by atoms with van der Waals surface area (Å²) in [7, 11) is 0. The molecule has 1 aromatic rings. The molecule has 2 aliphatic rings. The van der Waals surface area contributed by atoms with Crippen molar-refractivity contribution in [3.8, 4) is 0 Å². The largest absolute Gasteiger partial charge is 0.478 e. The zero-order valence-electron chi connectivity index (χ0n) is 9.10. The number of H-pyrrole nitrogens is 1. The lowest BCUT2D eigenvalue weighted by atomic mass is 10.0. The number of aliphatic carboxylic acids is 1. The SMILES string of the molecule is O=C(O)C1=c2[nH]c3c(c2CN=C1)CCC=NC=3. The molecule has 0 aromatic carbocycles. The van der Waals surface area contributed by atoms with Gasteiger partial charge in [-0.25, -0.2) is 4.79 Å². The molecule has 2 N–H and O–H groups in total. The van der Waals surface area contributed by atoms with E-state index < -0.39 is 5.97 Å². The van der Waals surface area contributed by atoms with E-state index in [9.17, 15) is 4.79 Å². The van der Waals surface area contributed by atoms with Crippen LogP contribution >= 0.6 is 0 Å². The maximum atomic E-state index is 11.1. The molecule has 2 aliphatic heterocycles. The lowest BCUT2D eigenvalue weighted by Crippen LogP contribution is -2.23. The molecule has 0 bridgehead atoms. The summed E-state index contributed by atoms with van der Waals surface area (Å²) in [5.41, 5.74) is 2.38. The van der Waals surface area contributed by atoms with Gasteiger partial charge in [0.15, 0.2) is 0 Å². The summed E-state index contributed by atoms with van der Waals surface area (Å²) in [5, 5.41) is 10.7. The fraction of sp³-hybridized carbons (Fsp3) is 0.250. The molecule has 0 spiro atoms. The van der Waals surface area contributed by atoms with Gasteiger partial charge in [-0.1, -0.05) is 0 Å². The predicted octanol–water partition coefficient (Wildman–Crippen LogP) is -0.411. The number of aliphatic imine (C=N–C) groups is 2. The Hall–Kier alpha value is -2.17. The molecular formula is C12H11N3O2. The Morgan fingerprint density at radius 2 is 2.29 bits per heavy atom. The van der Waals surface area contributed by atoms with Crippen molar-refractivity contribution >= 4 is 30.2 Å². The zero-order valence-corrected chi connectivity index (χ0v) is 9.10. The highest BCUT2D eigenvalue weighted by Gasteiger charge is 2.18. The predicted molar refractivity (Wildman–Crippen MR) is 64.6 cm³/mol. The van der Waals surface area contributed by atoms with Gasteiger partial charge >= 0.3 is 5.97 Å². The quantitative estimate of drug-likeness (QED) is 0.686. The van der Waals surface area contributed by atoms with Crippen LogP contribution in [-0.2, 0) is 17.8 Å². The molecule has 17 heavy (non-hydrogen) atoms. The van der Waals surface area contributed by atoms with Crippen LogP contribution in [-0.4, -0.2) is 28.5 Å². The van der Waals surface area contributed by atoms with Crippen molar-refractivity contribution in [3.05, 3.63) is 21.8 Å². The number of nitrogens with zero attached hydrogens (tertiary/aromatic N) is 2. The molecule has 0 saturated heterocycles. The molecule has 5 nitrogen and oxygen atoms in total. The van der Waals surface area contributed by atoms with Gasteiger partial charge in [0.25, 0.3) is 0 Å². The molecule has 1 aromatic heterocycles. The standard InChI is InChI=1S/C12H11N3O2/c16-12(17)9-5-14-4-8-7-2-1-3-13-6-10(7)15-11(8)9/h3,5-6,15H,1-2,4H2,(H,16,17). The summed E-state index contributed by atoms with van der Waals surface area (Å²) in [6, 6.07) is 0. The van der Waals surface area contributed by atoms with Gasteiger partial charge in [0.05, 0.1) is 23.4 Å². The molecule has 0 radical (unpaired) electrons. The second kappa shape index (κ2) is 3.69. The van der Waals surface area contributed by atoms with Crippen LogP contribution in [0.4, 0.5) is 0 Å². The van der Waals surface area contributed by atoms with E-state index in [1.807, 2.05) is 6.21 Å². The van der Waals surface area contributed by atoms with E-state index in [-0.39, 0.29) is 5.57 Å². The summed E-state index contributed by atoms with van der Waals surface area (Å²) in [6.45, 7) is 0.547. The number of carboxylic acids is 1. The van der Waals surface area contributed by atoms with E-state index in [2.05, 4.69) is 15.0 Å².